The Morgan fingerprint density at radius 3 is 2.38 bits per heavy atom. The minimum Gasteiger partial charge on any atom is -0.388 e. The van der Waals surface area contributed by atoms with Crippen LogP contribution in [0.1, 0.15) is 25.7 Å². The molecule has 0 bridgehead atoms. The summed E-state index contributed by atoms with van der Waals surface area (Å²) in [6, 6.07) is 0. The SMILES string of the molecule is OC1(CN2CCCC2)CCOCC1. The topological polar surface area (TPSA) is 32.7 Å². The van der Waals surface area contributed by atoms with Crippen molar-refractivity contribution in [1.82, 2.24) is 4.90 Å². The van der Waals surface area contributed by atoms with E-state index in [1.54, 1.807) is 0 Å². The van der Waals surface area contributed by atoms with E-state index >= 15 is 0 Å². The van der Waals surface area contributed by atoms with Crippen molar-refractivity contribution in [2.24, 2.45) is 0 Å². The largest absolute Gasteiger partial charge is 0.388 e. The molecular formula is C10H19NO2. The van der Waals surface area contributed by atoms with E-state index in [4.69, 9.17) is 4.74 Å². The highest BCUT2D eigenvalue weighted by molar-refractivity contribution is 4.85. The number of hydrogen-bond donors (Lipinski definition) is 1. The van der Waals surface area contributed by atoms with Crippen molar-refractivity contribution in [3.8, 4) is 0 Å². The third-order valence-corrected chi connectivity index (χ3v) is 3.14. The highest BCUT2D eigenvalue weighted by atomic mass is 16.5. The number of aliphatic hydroxyl groups is 1. The van der Waals surface area contributed by atoms with Crippen LogP contribution in [0.2, 0.25) is 0 Å². The van der Waals surface area contributed by atoms with Gasteiger partial charge in [0.05, 0.1) is 5.60 Å². The summed E-state index contributed by atoms with van der Waals surface area (Å²) in [7, 11) is 0. The van der Waals surface area contributed by atoms with Crippen LogP contribution in [0.3, 0.4) is 0 Å². The molecule has 2 aliphatic rings. The predicted octanol–water partition coefficient (Wildman–Crippen LogP) is 0.624. The quantitative estimate of drug-likeness (QED) is 0.684. The van der Waals surface area contributed by atoms with E-state index in [0.717, 1.165) is 32.6 Å². The molecule has 0 aromatic carbocycles. The first kappa shape index (κ1) is 9.44. The van der Waals surface area contributed by atoms with Crippen LogP contribution in [-0.2, 0) is 4.74 Å². The molecule has 76 valence electrons. The molecule has 0 amide bonds. The molecule has 0 radical (unpaired) electrons. The Hall–Kier alpha value is -0.120. The van der Waals surface area contributed by atoms with Gasteiger partial charge < -0.3 is 14.7 Å². The third-order valence-electron chi connectivity index (χ3n) is 3.14. The average molecular weight is 185 g/mol. The molecule has 1 N–H and O–H groups in total. The molecule has 0 aliphatic carbocycles. The Labute approximate surface area is 79.7 Å². The summed E-state index contributed by atoms with van der Waals surface area (Å²) < 4.78 is 5.25. The monoisotopic (exact) mass is 185 g/mol. The third kappa shape index (κ3) is 2.42. The van der Waals surface area contributed by atoms with Crippen LogP contribution in [0.5, 0.6) is 0 Å². The van der Waals surface area contributed by atoms with Gasteiger partial charge in [-0.25, -0.2) is 0 Å². The predicted molar refractivity (Wildman–Crippen MR) is 50.7 cm³/mol. The fraction of sp³-hybridized carbons (Fsp3) is 1.00. The summed E-state index contributed by atoms with van der Waals surface area (Å²) in [5.74, 6) is 0. The molecule has 13 heavy (non-hydrogen) atoms. The maximum Gasteiger partial charge on any atom is 0.0817 e. The second-order valence-electron chi connectivity index (χ2n) is 4.32. The Bertz CT molecular complexity index is 160. The minimum atomic E-state index is -0.456. The average Bonchev–Trinajstić information content (AvgIpc) is 2.57. The van der Waals surface area contributed by atoms with E-state index in [2.05, 4.69) is 4.90 Å². The van der Waals surface area contributed by atoms with Crippen LogP contribution in [-0.4, -0.2) is 48.5 Å². The van der Waals surface area contributed by atoms with Crippen molar-refractivity contribution < 1.29 is 9.84 Å². The van der Waals surface area contributed by atoms with E-state index in [-0.39, 0.29) is 0 Å². The maximum absolute atomic E-state index is 10.2. The lowest BCUT2D eigenvalue weighted by Gasteiger charge is -2.35. The normalized spacial score (nSPS) is 29.3. The van der Waals surface area contributed by atoms with E-state index in [1.165, 1.54) is 25.9 Å². The second-order valence-corrected chi connectivity index (χ2v) is 4.32. The summed E-state index contributed by atoms with van der Waals surface area (Å²) in [4.78, 5) is 2.38. The first-order chi connectivity index (χ1) is 6.29. The Morgan fingerprint density at radius 2 is 1.77 bits per heavy atom. The molecule has 0 aromatic heterocycles. The summed E-state index contributed by atoms with van der Waals surface area (Å²) in [5.41, 5.74) is -0.456. The van der Waals surface area contributed by atoms with Gasteiger partial charge in [0, 0.05) is 32.6 Å². The Balaban J connectivity index is 1.83. The second kappa shape index (κ2) is 3.95. The van der Waals surface area contributed by atoms with Gasteiger partial charge in [0.25, 0.3) is 0 Å². The van der Waals surface area contributed by atoms with Gasteiger partial charge in [0.2, 0.25) is 0 Å². The zero-order valence-corrected chi connectivity index (χ0v) is 8.17. The molecular weight excluding hydrogens is 166 g/mol. The fourth-order valence-electron chi connectivity index (χ4n) is 2.27. The highest BCUT2D eigenvalue weighted by Crippen LogP contribution is 2.23. The van der Waals surface area contributed by atoms with Gasteiger partial charge in [-0.15, -0.1) is 0 Å². The van der Waals surface area contributed by atoms with Crippen LogP contribution >= 0.6 is 0 Å². The molecule has 2 aliphatic heterocycles. The van der Waals surface area contributed by atoms with Crippen molar-refractivity contribution in [3.63, 3.8) is 0 Å². The lowest BCUT2D eigenvalue weighted by atomic mass is 9.94. The van der Waals surface area contributed by atoms with Gasteiger partial charge in [-0.1, -0.05) is 0 Å². The molecule has 2 heterocycles. The van der Waals surface area contributed by atoms with Gasteiger partial charge >= 0.3 is 0 Å². The van der Waals surface area contributed by atoms with Gasteiger partial charge in [0.1, 0.15) is 0 Å². The van der Waals surface area contributed by atoms with Crippen LogP contribution in [0.4, 0.5) is 0 Å². The van der Waals surface area contributed by atoms with Crippen molar-refractivity contribution in [2.75, 3.05) is 32.8 Å². The summed E-state index contributed by atoms with van der Waals surface area (Å²) in [6.07, 6.45) is 4.21. The van der Waals surface area contributed by atoms with Crippen molar-refractivity contribution in [3.05, 3.63) is 0 Å². The van der Waals surface area contributed by atoms with E-state index in [9.17, 15) is 5.11 Å². The van der Waals surface area contributed by atoms with E-state index in [0.29, 0.717) is 0 Å². The maximum atomic E-state index is 10.2. The molecule has 2 saturated heterocycles. The lowest BCUT2D eigenvalue weighted by molar-refractivity contribution is -0.0771. The van der Waals surface area contributed by atoms with Gasteiger partial charge in [-0.05, 0) is 25.9 Å². The molecule has 0 unspecified atom stereocenters. The summed E-state index contributed by atoms with van der Waals surface area (Å²) in [6.45, 7) is 4.65. The van der Waals surface area contributed by atoms with Gasteiger partial charge in [0.15, 0.2) is 0 Å². The molecule has 2 rings (SSSR count). The van der Waals surface area contributed by atoms with Crippen LogP contribution in [0.25, 0.3) is 0 Å². The Kier molecular flexibility index (Phi) is 2.86. The highest BCUT2D eigenvalue weighted by Gasteiger charge is 2.32. The molecule has 2 fully saturated rings. The Morgan fingerprint density at radius 1 is 1.15 bits per heavy atom. The first-order valence-electron chi connectivity index (χ1n) is 5.31. The number of likely N-dealkylation sites (tertiary alicyclic amines) is 1. The van der Waals surface area contributed by atoms with Crippen molar-refractivity contribution >= 4 is 0 Å². The van der Waals surface area contributed by atoms with Crippen molar-refractivity contribution in [1.29, 1.82) is 0 Å². The lowest BCUT2D eigenvalue weighted by Crippen LogP contribution is -2.45. The first-order valence-corrected chi connectivity index (χ1v) is 5.31. The van der Waals surface area contributed by atoms with Gasteiger partial charge in [-0.3, -0.25) is 0 Å². The zero-order chi connectivity index (χ0) is 9.15. The molecule has 0 atom stereocenters. The van der Waals surface area contributed by atoms with Crippen LogP contribution < -0.4 is 0 Å². The smallest absolute Gasteiger partial charge is 0.0817 e. The molecule has 3 nitrogen and oxygen atoms in total. The molecule has 3 heteroatoms. The van der Waals surface area contributed by atoms with Crippen LogP contribution in [0, 0.1) is 0 Å². The fourth-order valence-corrected chi connectivity index (χ4v) is 2.27. The minimum absolute atomic E-state index is 0.456. The molecule has 0 aromatic rings. The van der Waals surface area contributed by atoms with Crippen molar-refractivity contribution in [2.45, 2.75) is 31.3 Å². The standard InChI is InChI=1S/C10H19NO2/c12-10(3-7-13-8-4-10)9-11-5-1-2-6-11/h12H,1-9H2. The van der Waals surface area contributed by atoms with E-state index < -0.39 is 5.60 Å². The molecule has 0 saturated carbocycles. The van der Waals surface area contributed by atoms with Crippen LogP contribution in [0.15, 0.2) is 0 Å². The van der Waals surface area contributed by atoms with E-state index in [1.807, 2.05) is 0 Å². The molecule has 0 spiro atoms. The number of hydrogen-bond acceptors (Lipinski definition) is 3. The number of rotatable bonds is 2. The van der Waals surface area contributed by atoms with Gasteiger partial charge in [-0.2, -0.15) is 0 Å². The summed E-state index contributed by atoms with van der Waals surface area (Å²) >= 11 is 0. The number of nitrogens with zero attached hydrogens (tertiary/aromatic N) is 1. The zero-order valence-electron chi connectivity index (χ0n) is 8.17. The number of β-amino-alcohol motifs (C(OH)–C–C–N with tert-alkyl or cyclic N) is 1. The number of ether oxygens (including phenoxy) is 1. The summed E-state index contributed by atoms with van der Waals surface area (Å²) in [5, 5.41) is 10.2.